The molecule has 2 nitrogen and oxygen atoms in total. The van der Waals surface area contributed by atoms with Crippen LogP contribution >= 0.6 is 12.6 Å². The van der Waals surface area contributed by atoms with Crippen LogP contribution in [0.3, 0.4) is 0 Å². The minimum atomic E-state index is -0.264. The molecule has 3 heteroatoms. The van der Waals surface area contributed by atoms with E-state index in [2.05, 4.69) is 26.5 Å². The molecule has 0 radical (unpaired) electrons. The number of esters is 1. The lowest BCUT2D eigenvalue weighted by Crippen LogP contribution is -2.07. The summed E-state index contributed by atoms with van der Waals surface area (Å²) in [6, 6.07) is 7.09. The summed E-state index contributed by atoms with van der Waals surface area (Å²) in [5.41, 5.74) is 0.567. The number of carbonyl (C=O) groups is 1. The summed E-state index contributed by atoms with van der Waals surface area (Å²) in [6.07, 6.45) is 2.00. The summed E-state index contributed by atoms with van der Waals surface area (Å²) < 4.78 is 5.16. The molecule has 0 unspecified atom stereocenters. The molecule has 0 saturated heterocycles. The fourth-order valence-electron chi connectivity index (χ4n) is 1.37. The highest BCUT2D eigenvalue weighted by atomic mass is 32.1. The fraction of sp³-hybridized carbons (Fsp3) is 0.462. The Labute approximate surface area is 102 Å². The SMILES string of the molecule is CC(C)CCCOC(=O)c1cccc(S)c1. The quantitative estimate of drug-likeness (QED) is 0.482. The molecular weight excluding hydrogens is 220 g/mol. The van der Waals surface area contributed by atoms with E-state index < -0.39 is 0 Å². The second-order valence-corrected chi connectivity index (χ2v) is 4.74. The van der Waals surface area contributed by atoms with Crippen LogP contribution < -0.4 is 0 Å². The molecule has 16 heavy (non-hydrogen) atoms. The van der Waals surface area contributed by atoms with Gasteiger partial charge in [-0.2, -0.15) is 0 Å². The van der Waals surface area contributed by atoms with Gasteiger partial charge in [-0.25, -0.2) is 4.79 Å². The van der Waals surface area contributed by atoms with E-state index in [0.29, 0.717) is 18.1 Å². The molecular formula is C13H18O2S. The molecule has 88 valence electrons. The third kappa shape index (κ3) is 4.71. The van der Waals surface area contributed by atoms with Crippen LogP contribution in [0.4, 0.5) is 0 Å². The normalized spacial score (nSPS) is 10.5. The second-order valence-electron chi connectivity index (χ2n) is 4.22. The van der Waals surface area contributed by atoms with Crippen molar-refractivity contribution in [2.75, 3.05) is 6.61 Å². The third-order valence-corrected chi connectivity index (χ3v) is 2.52. The van der Waals surface area contributed by atoms with E-state index in [1.165, 1.54) is 0 Å². The first-order chi connectivity index (χ1) is 7.59. The molecule has 0 bridgehead atoms. The smallest absolute Gasteiger partial charge is 0.338 e. The van der Waals surface area contributed by atoms with Crippen molar-refractivity contribution in [1.82, 2.24) is 0 Å². The maximum absolute atomic E-state index is 11.6. The largest absolute Gasteiger partial charge is 0.462 e. The first-order valence-electron chi connectivity index (χ1n) is 5.55. The minimum absolute atomic E-state index is 0.264. The summed E-state index contributed by atoms with van der Waals surface area (Å²) in [5.74, 6) is 0.388. The second kappa shape index (κ2) is 6.59. The maximum atomic E-state index is 11.6. The van der Waals surface area contributed by atoms with Gasteiger partial charge in [0.2, 0.25) is 0 Å². The van der Waals surface area contributed by atoms with E-state index in [1.807, 2.05) is 6.07 Å². The van der Waals surface area contributed by atoms with Crippen molar-refractivity contribution in [3.8, 4) is 0 Å². The average molecular weight is 238 g/mol. The molecule has 1 rings (SSSR count). The molecule has 0 aliphatic carbocycles. The van der Waals surface area contributed by atoms with Gasteiger partial charge in [0.25, 0.3) is 0 Å². The molecule has 1 aromatic rings. The molecule has 0 fully saturated rings. The van der Waals surface area contributed by atoms with Crippen LogP contribution in [-0.4, -0.2) is 12.6 Å². The zero-order valence-corrected chi connectivity index (χ0v) is 10.7. The van der Waals surface area contributed by atoms with Crippen molar-refractivity contribution in [1.29, 1.82) is 0 Å². The van der Waals surface area contributed by atoms with Crippen LogP contribution in [0.25, 0.3) is 0 Å². The molecule has 0 heterocycles. The van der Waals surface area contributed by atoms with Crippen LogP contribution in [0.2, 0.25) is 0 Å². The Morgan fingerprint density at radius 2 is 2.19 bits per heavy atom. The van der Waals surface area contributed by atoms with Crippen LogP contribution in [0.5, 0.6) is 0 Å². The third-order valence-electron chi connectivity index (χ3n) is 2.24. The number of rotatable bonds is 5. The molecule has 0 aliphatic heterocycles. The Bertz CT molecular complexity index is 348. The van der Waals surface area contributed by atoms with E-state index in [-0.39, 0.29) is 5.97 Å². The Morgan fingerprint density at radius 3 is 2.81 bits per heavy atom. The highest BCUT2D eigenvalue weighted by molar-refractivity contribution is 7.80. The van der Waals surface area contributed by atoms with Gasteiger partial charge in [0.1, 0.15) is 0 Å². The van der Waals surface area contributed by atoms with Gasteiger partial charge in [0.05, 0.1) is 12.2 Å². The van der Waals surface area contributed by atoms with Crippen molar-refractivity contribution < 1.29 is 9.53 Å². The van der Waals surface area contributed by atoms with Gasteiger partial charge in [-0.05, 0) is 37.0 Å². The monoisotopic (exact) mass is 238 g/mol. The summed E-state index contributed by atoms with van der Waals surface area (Å²) >= 11 is 4.18. The predicted molar refractivity (Wildman–Crippen MR) is 68.0 cm³/mol. The maximum Gasteiger partial charge on any atom is 0.338 e. The lowest BCUT2D eigenvalue weighted by Gasteiger charge is -2.06. The zero-order valence-electron chi connectivity index (χ0n) is 9.77. The van der Waals surface area contributed by atoms with Gasteiger partial charge in [-0.15, -0.1) is 12.6 Å². The van der Waals surface area contributed by atoms with Crippen molar-refractivity contribution in [2.45, 2.75) is 31.6 Å². The first-order valence-corrected chi connectivity index (χ1v) is 6.00. The van der Waals surface area contributed by atoms with E-state index >= 15 is 0 Å². The van der Waals surface area contributed by atoms with Crippen molar-refractivity contribution in [3.63, 3.8) is 0 Å². The number of carbonyl (C=O) groups excluding carboxylic acids is 1. The molecule has 0 atom stereocenters. The van der Waals surface area contributed by atoms with Gasteiger partial charge in [-0.1, -0.05) is 19.9 Å². The topological polar surface area (TPSA) is 26.3 Å². The van der Waals surface area contributed by atoms with Crippen molar-refractivity contribution in [2.24, 2.45) is 5.92 Å². The number of ether oxygens (including phenoxy) is 1. The van der Waals surface area contributed by atoms with Crippen LogP contribution in [0.15, 0.2) is 29.2 Å². The summed E-state index contributed by atoms with van der Waals surface area (Å²) in [4.78, 5) is 12.4. The fourth-order valence-corrected chi connectivity index (χ4v) is 1.60. The lowest BCUT2D eigenvalue weighted by atomic mass is 10.1. The molecule has 0 spiro atoms. The standard InChI is InChI=1S/C13H18O2S/c1-10(2)5-4-8-15-13(14)11-6-3-7-12(16)9-11/h3,6-7,9-10,16H,4-5,8H2,1-2H3. The molecule has 0 aromatic heterocycles. The molecule has 0 N–H and O–H groups in total. The van der Waals surface area contributed by atoms with Gasteiger partial charge in [-0.3, -0.25) is 0 Å². The van der Waals surface area contributed by atoms with Crippen LogP contribution in [-0.2, 0) is 4.74 Å². The van der Waals surface area contributed by atoms with Crippen LogP contribution in [0.1, 0.15) is 37.0 Å². The van der Waals surface area contributed by atoms with Crippen LogP contribution in [0, 0.1) is 5.92 Å². The summed E-state index contributed by atoms with van der Waals surface area (Å²) in [5, 5.41) is 0. The van der Waals surface area contributed by atoms with E-state index in [9.17, 15) is 4.79 Å². The highest BCUT2D eigenvalue weighted by Crippen LogP contribution is 2.10. The Hall–Kier alpha value is -0.960. The molecule has 0 aliphatic rings. The predicted octanol–water partition coefficient (Wildman–Crippen LogP) is 3.57. The minimum Gasteiger partial charge on any atom is -0.462 e. The van der Waals surface area contributed by atoms with Gasteiger partial charge in [0, 0.05) is 4.90 Å². The Kier molecular flexibility index (Phi) is 5.39. The first kappa shape index (κ1) is 13.1. The van der Waals surface area contributed by atoms with Gasteiger partial charge in [0.15, 0.2) is 0 Å². The van der Waals surface area contributed by atoms with E-state index in [1.54, 1.807) is 18.2 Å². The zero-order chi connectivity index (χ0) is 12.0. The lowest BCUT2D eigenvalue weighted by molar-refractivity contribution is 0.0494. The Morgan fingerprint density at radius 1 is 1.44 bits per heavy atom. The summed E-state index contributed by atoms with van der Waals surface area (Å²) in [7, 11) is 0. The Balaban J connectivity index is 2.35. The number of benzene rings is 1. The molecule has 0 saturated carbocycles. The number of hydrogen-bond acceptors (Lipinski definition) is 3. The highest BCUT2D eigenvalue weighted by Gasteiger charge is 2.06. The van der Waals surface area contributed by atoms with Crippen molar-refractivity contribution in [3.05, 3.63) is 29.8 Å². The number of thiol groups is 1. The number of hydrogen-bond donors (Lipinski definition) is 1. The van der Waals surface area contributed by atoms with Gasteiger partial charge < -0.3 is 4.74 Å². The van der Waals surface area contributed by atoms with E-state index in [0.717, 1.165) is 17.7 Å². The summed E-state index contributed by atoms with van der Waals surface area (Å²) in [6.45, 7) is 4.81. The van der Waals surface area contributed by atoms with Gasteiger partial charge >= 0.3 is 5.97 Å². The van der Waals surface area contributed by atoms with E-state index in [4.69, 9.17) is 4.74 Å². The molecule has 0 amide bonds. The average Bonchev–Trinajstić information content (AvgIpc) is 2.24. The van der Waals surface area contributed by atoms with Crippen molar-refractivity contribution >= 4 is 18.6 Å². The molecule has 1 aromatic carbocycles.